The van der Waals surface area contributed by atoms with E-state index in [1.165, 1.54) is 11.6 Å². The van der Waals surface area contributed by atoms with Crippen molar-refractivity contribution in [2.75, 3.05) is 26.2 Å². The lowest BCUT2D eigenvalue weighted by atomic mass is 10.0. The predicted octanol–water partition coefficient (Wildman–Crippen LogP) is 1.22. The molecule has 2 N–H and O–H groups in total. The van der Waals surface area contributed by atoms with Gasteiger partial charge in [0.15, 0.2) is 0 Å². The summed E-state index contributed by atoms with van der Waals surface area (Å²) < 4.78 is 13.3. The molecule has 0 aromatic heterocycles. The monoisotopic (exact) mass is 291 g/mol. The van der Waals surface area contributed by atoms with E-state index in [0.29, 0.717) is 13.1 Å². The van der Waals surface area contributed by atoms with Gasteiger partial charge in [0.25, 0.3) is 0 Å². The van der Waals surface area contributed by atoms with Crippen molar-refractivity contribution in [3.05, 3.63) is 35.1 Å². The molecule has 114 valence electrons. The number of piperazine rings is 1. The highest BCUT2D eigenvalue weighted by atomic mass is 19.1. The molecule has 1 aliphatic heterocycles. The summed E-state index contributed by atoms with van der Waals surface area (Å²) in [5.41, 5.74) is 2.28. The molecule has 1 amide bonds. The lowest BCUT2D eigenvalue weighted by Gasteiger charge is -2.39. The van der Waals surface area contributed by atoms with Gasteiger partial charge in [0.2, 0.25) is 5.91 Å². The Bertz CT molecular complexity index is 534. The highest BCUT2D eigenvalue weighted by Gasteiger charge is 2.36. The number of nitrogens with one attached hydrogen (secondary N) is 2. The van der Waals surface area contributed by atoms with Crippen LogP contribution in [0.15, 0.2) is 18.2 Å². The number of carbonyl (C=O) groups excluding carboxylic acids is 1. The minimum atomic E-state index is -0.171. The minimum Gasteiger partial charge on any atom is -0.355 e. The van der Waals surface area contributed by atoms with Gasteiger partial charge in [-0.25, -0.2) is 4.39 Å². The summed E-state index contributed by atoms with van der Waals surface area (Å²) in [6, 6.07) is 5.15. The number of fused-ring (bicyclic) bond motifs is 1. The number of nitrogens with zero attached hydrogens (tertiary/aromatic N) is 1. The molecule has 1 aromatic rings. The van der Waals surface area contributed by atoms with E-state index in [1.54, 1.807) is 6.07 Å². The van der Waals surface area contributed by atoms with Crippen LogP contribution in [0, 0.1) is 5.82 Å². The smallest absolute Gasteiger partial charge is 0.238 e. The fraction of sp³-hybridized carbons (Fsp3) is 0.562. The second-order valence-electron chi connectivity index (χ2n) is 5.75. The first-order valence-corrected chi connectivity index (χ1v) is 7.73. The first kappa shape index (κ1) is 14.5. The summed E-state index contributed by atoms with van der Waals surface area (Å²) in [6.45, 7) is 5.01. The van der Waals surface area contributed by atoms with E-state index >= 15 is 0 Å². The molecule has 0 radical (unpaired) electrons. The maximum Gasteiger partial charge on any atom is 0.238 e. The fourth-order valence-electron chi connectivity index (χ4n) is 3.54. The average Bonchev–Trinajstić information content (AvgIpc) is 2.90. The number of rotatable bonds is 3. The van der Waals surface area contributed by atoms with Crippen LogP contribution in [-0.4, -0.2) is 43.0 Å². The van der Waals surface area contributed by atoms with Crippen molar-refractivity contribution in [3.8, 4) is 0 Å². The van der Waals surface area contributed by atoms with Crippen LogP contribution in [0.4, 0.5) is 4.39 Å². The normalized spacial score (nSPS) is 25.6. The van der Waals surface area contributed by atoms with Gasteiger partial charge in [0, 0.05) is 32.2 Å². The first-order valence-electron chi connectivity index (χ1n) is 7.73. The van der Waals surface area contributed by atoms with Gasteiger partial charge in [-0.2, -0.15) is 0 Å². The molecule has 1 saturated heterocycles. The molecule has 2 atom stereocenters. The van der Waals surface area contributed by atoms with Crippen LogP contribution >= 0.6 is 0 Å². The van der Waals surface area contributed by atoms with Crippen molar-refractivity contribution in [1.82, 2.24) is 15.5 Å². The molecule has 1 heterocycles. The molecule has 1 aromatic carbocycles. The Balaban J connectivity index is 1.84. The van der Waals surface area contributed by atoms with Crippen LogP contribution in [0.5, 0.6) is 0 Å². The summed E-state index contributed by atoms with van der Waals surface area (Å²) in [7, 11) is 0. The third-order valence-electron chi connectivity index (χ3n) is 4.49. The summed E-state index contributed by atoms with van der Waals surface area (Å²) in [5, 5.41) is 6.22. The Hall–Kier alpha value is -1.46. The molecule has 0 spiro atoms. The Morgan fingerprint density at radius 2 is 2.38 bits per heavy atom. The van der Waals surface area contributed by atoms with E-state index < -0.39 is 0 Å². The maximum absolute atomic E-state index is 13.3. The number of likely N-dealkylation sites (N-methyl/N-ethyl adjacent to an activating group) is 1. The quantitative estimate of drug-likeness (QED) is 0.880. The molecule has 2 aliphatic rings. The largest absolute Gasteiger partial charge is 0.355 e. The zero-order chi connectivity index (χ0) is 14.8. The topological polar surface area (TPSA) is 44.4 Å². The van der Waals surface area contributed by atoms with Gasteiger partial charge in [-0.05, 0) is 43.0 Å². The molecule has 1 aliphatic carbocycles. The molecule has 5 heteroatoms. The van der Waals surface area contributed by atoms with Crippen LogP contribution in [0.3, 0.4) is 0 Å². The molecular formula is C16H22FN3O. The van der Waals surface area contributed by atoms with Crippen LogP contribution in [0.25, 0.3) is 0 Å². The average molecular weight is 291 g/mol. The van der Waals surface area contributed by atoms with Crippen molar-refractivity contribution in [3.63, 3.8) is 0 Å². The number of benzene rings is 1. The number of hydrogen-bond acceptors (Lipinski definition) is 3. The van der Waals surface area contributed by atoms with E-state index in [2.05, 4.69) is 15.5 Å². The van der Waals surface area contributed by atoms with Crippen LogP contribution in [0.2, 0.25) is 0 Å². The highest BCUT2D eigenvalue weighted by Crippen LogP contribution is 2.37. The van der Waals surface area contributed by atoms with Crippen molar-refractivity contribution >= 4 is 5.91 Å². The molecule has 2 unspecified atom stereocenters. The lowest BCUT2D eigenvalue weighted by Crippen LogP contribution is -2.58. The molecule has 3 rings (SSSR count). The van der Waals surface area contributed by atoms with Crippen LogP contribution in [0.1, 0.15) is 30.5 Å². The number of amides is 1. The summed E-state index contributed by atoms with van der Waals surface area (Å²) in [5.74, 6) is -0.0877. The van der Waals surface area contributed by atoms with E-state index in [4.69, 9.17) is 0 Å². The summed E-state index contributed by atoms with van der Waals surface area (Å²) >= 11 is 0. The Morgan fingerprint density at radius 3 is 3.19 bits per heavy atom. The molecule has 0 bridgehead atoms. The van der Waals surface area contributed by atoms with Gasteiger partial charge < -0.3 is 10.6 Å². The number of hydrogen-bond donors (Lipinski definition) is 2. The maximum atomic E-state index is 13.3. The fourth-order valence-corrected chi connectivity index (χ4v) is 3.54. The van der Waals surface area contributed by atoms with Gasteiger partial charge in [-0.3, -0.25) is 9.69 Å². The van der Waals surface area contributed by atoms with Crippen molar-refractivity contribution in [2.45, 2.75) is 31.8 Å². The minimum absolute atomic E-state index is 0.0836. The molecular weight excluding hydrogens is 269 g/mol. The van der Waals surface area contributed by atoms with Crippen molar-refractivity contribution in [1.29, 1.82) is 0 Å². The summed E-state index contributed by atoms with van der Waals surface area (Å²) in [6.07, 6.45) is 1.86. The molecule has 0 saturated carbocycles. The predicted molar refractivity (Wildman–Crippen MR) is 79.5 cm³/mol. The number of aryl methyl sites for hydroxylation is 1. The van der Waals surface area contributed by atoms with Crippen molar-refractivity contribution < 1.29 is 9.18 Å². The van der Waals surface area contributed by atoms with Gasteiger partial charge in [0.05, 0.1) is 0 Å². The lowest BCUT2D eigenvalue weighted by molar-refractivity contribution is -0.128. The van der Waals surface area contributed by atoms with E-state index in [9.17, 15) is 9.18 Å². The van der Waals surface area contributed by atoms with E-state index in [0.717, 1.165) is 31.5 Å². The SMILES string of the molecule is CCNC(=O)C1CNCCN1C1CCc2cc(F)ccc21. The number of carbonyl (C=O) groups is 1. The van der Waals surface area contributed by atoms with Crippen LogP contribution in [-0.2, 0) is 11.2 Å². The Morgan fingerprint density at radius 1 is 1.52 bits per heavy atom. The highest BCUT2D eigenvalue weighted by molar-refractivity contribution is 5.82. The van der Waals surface area contributed by atoms with E-state index in [-0.39, 0.29) is 23.8 Å². The summed E-state index contributed by atoms with van der Waals surface area (Å²) in [4.78, 5) is 14.6. The van der Waals surface area contributed by atoms with E-state index in [1.807, 2.05) is 13.0 Å². The third-order valence-corrected chi connectivity index (χ3v) is 4.49. The van der Waals surface area contributed by atoms with Crippen molar-refractivity contribution in [2.24, 2.45) is 0 Å². The molecule has 4 nitrogen and oxygen atoms in total. The Kier molecular flexibility index (Phi) is 4.22. The van der Waals surface area contributed by atoms with Gasteiger partial charge in [-0.1, -0.05) is 6.07 Å². The number of halogens is 1. The molecule has 1 fully saturated rings. The van der Waals surface area contributed by atoms with Gasteiger partial charge in [0.1, 0.15) is 11.9 Å². The molecule has 21 heavy (non-hydrogen) atoms. The zero-order valence-corrected chi connectivity index (χ0v) is 12.4. The Labute approximate surface area is 124 Å². The van der Waals surface area contributed by atoms with Gasteiger partial charge >= 0.3 is 0 Å². The second kappa shape index (κ2) is 6.12. The third kappa shape index (κ3) is 2.80. The standard InChI is InChI=1S/C16H22FN3O/c1-2-19-16(21)15-10-18-7-8-20(15)14-6-3-11-9-12(17)4-5-13(11)14/h4-5,9,14-15,18H,2-3,6-8,10H2,1H3,(H,19,21). The van der Waals surface area contributed by atoms with Gasteiger partial charge in [-0.15, -0.1) is 0 Å². The zero-order valence-electron chi connectivity index (χ0n) is 12.4. The second-order valence-corrected chi connectivity index (χ2v) is 5.75. The first-order chi connectivity index (χ1) is 10.2. The van der Waals surface area contributed by atoms with Crippen LogP contribution < -0.4 is 10.6 Å².